The molecular formula is C16H28Cl2N4O2. The third kappa shape index (κ3) is 10.4. The Morgan fingerprint density at radius 2 is 1.79 bits per heavy atom. The summed E-state index contributed by atoms with van der Waals surface area (Å²) in [5.74, 6) is -0.0969. The van der Waals surface area contributed by atoms with Crippen molar-refractivity contribution in [3.63, 3.8) is 0 Å². The number of rotatable bonds is 9. The van der Waals surface area contributed by atoms with Crippen LogP contribution in [-0.4, -0.2) is 57.5 Å². The zero-order chi connectivity index (χ0) is 16.4. The van der Waals surface area contributed by atoms with Crippen LogP contribution in [0.4, 0.5) is 0 Å². The molecule has 0 saturated heterocycles. The van der Waals surface area contributed by atoms with Gasteiger partial charge in [0, 0.05) is 38.2 Å². The van der Waals surface area contributed by atoms with Crippen LogP contribution in [0.1, 0.15) is 22.3 Å². The number of carbonyl (C=O) groups excluding carboxylic acids is 2. The first-order valence-corrected chi connectivity index (χ1v) is 7.46. The van der Waals surface area contributed by atoms with Gasteiger partial charge in [-0.1, -0.05) is 12.1 Å². The van der Waals surface area contributed by atoms with Crippen molar-refractivity contribution in [1.82, 2.24) is 20.9 Å². The lowest BCUT2D eigenvalue weighted by Gasteiger charge is -2.11. The van der Waals surface area contributed by atoms with Gasteiger partial charge in [0.15, 0.2) is 0 Å². The fraction of sp³-hybridized carbons (Fsp3) is 0.500. The highest BCUT2D eigenvalue weighted by molar-refractivity contribution is 5.94. The number of carbonyl (C=O) groups is 2. The maximum Gasteiger partial charge on any atom is 0.251 e. The second-order valence-corrected chi connectivity index (χ2v) is 5.39. The van der Waals surface area contributed by atoms with Crippen molar-refractivity contribution < 1.29 is 9.59 Å². The highest BCUT2D eigenvalue weighted by Gasteiger charge is 2.06. The average Bonchev–Trinajstić information content (AvgIpc) is 2.50. The third-order valence-corrected chi connectivity index (χ3v) is 3.13. The predicted molar refractivity (Wildman–Crippen MR) is 102 cm³/mol. The molecule has 0 unspecified atom stereocenters. The summed E-state index contributed by atoms with van der Waals surface area (Å²) in [6.07, 6.45) is 0.446. The number of benzene rings is 1. The largest absolute Gasteiger partial charge is 0.352 e. The van der Waals surface area contributed by atoms with Crippen molar-refractivity contribution in [1.29, 1.82) is 0 Å². The third-order valence-electron chi connectivity index (χ3n) is 3.13. The van der Waals surface area contributed by atoms with E-state index in [9.17, 15) is 9.59 Å². The molecule has 0 atom stereocenters. The Balaban J connectivity index is 0. The van der Waals surface area contributed by atoms with E-state index in [-0.39, 0.29) is 36.6 Å². The van der Waals surface area contributed by atoms with Gasteiger partial charge in [-0.2, -0.15) is 0 Å². The van der Waals surface area contributed by atoms with Gasteiger partial charge in [-0.15, -0.1) is 24.8 Å². The van der Waals surface area contributed by atoms with Crippen molar-refractivity contribution in [2.24, 2.45) is 0 Å². The molecule has 8 heteroatoms. The maximum atomic E-state index is 12.0. The molecule has 1 aromatic rings. The molecule has 138 valence electrons. The molecule has 0 bridgehead atoms. The number of nitrogens with zero attached hydrogens (tertiary/aromatic N) is 1. The molecule has 1 rings (SSSR count). The van der Waals surface area contributed by atoms with E-state index in [4.69, 9.17) is 0 Å². The highest BCUT2D eigenvalue weighted by Crippen LogP contribution is 2.05. The Morgan fingerprint density at radius 1 is 1.08 bits per heavy atom. The Labute approximate surface area is 156 Å². The van der Waals surface area contributed by atoms with Gasteiger partial charge in [-0.3, -0.25) is 9.59 Å². The normalized spacial score (nSPS) is 9.67. The van der Waals surface area contributed by atoms with Gasteiger partial charge in [0.1, 0.15) is 0 Å². The Kier molecular flexibility index (Phi) is 14.6. The molecule has 1 aromatic carbocycles. The monoisotopic (exact) mass is 378 g/mol. The SMILES string of the molecule is CNCCC(=O)NCc1cccc(C(=O)NCCN(C)C)c1.Cl.Cl. The second kappa shape index (κ2) is 14.0. The molecule has 0 aliphatic rings. The van der Waals surface area contributed by atoms with Gasteiger partial charge in [0.2, 0.25) is 5.91 Å². The average molecular weight is 379 g/mol. The number of hydrogen-bond acceptors (Lipinski definition) is 4. The topological polar surface area (TPSA) is 73.5 Å². The van der Waals surface area contributed by atoms with E-state index < -0.39 is 0 Å². The van der Waals surface area contributed by atoms with Crippen LogP contribution in [0.2, 0.25) is 0 Å². The molecule has 0 aromatic heterocycles. The van der Waals surface area contributed by atoms with Crippen molar-refractivity contribution in [3.8, 4) is 0 Å². The lowest BCUT2D eigenvalue weighted by molar-refractivity contribution is -0.121. The molecule has 24 heavy (non-hydrogen) atoms. The molecule has 0 saturated carbocycles. The zero-order valence-corrected chi connectivity index (χ0v) is 16.1. The summed E-state index contributed by atoms with van der Waals surface area (Å²) >= 11 is 0. The second-order valence-electron chi connectivity index (χ2n) is 5.39. The number of likely N-dealkylation sites (N-methyl/N-ethyl adjacent to an activating group) is 1. The zero-order valence-electron chi connectivity index (χ0n) is 14.4. The van der Waals surface area contributed by atoms with Crippen LogP contribution in [0.3, 0.4) is 0 Å². The maximum absolute atomic E-state index is 12.0. The summed E-state index contributed by atoms with van der Waals surface area (Å²) in [4.78, 5) is 25.6. The van der Waals surface area contributed by atoms with Crippen LogP contribution in [-0.2, 0) is 11.3 Å². The number of amides is 2. The molecule has 0 heterocycles. The van der Waals surface area contributed by atoms with Gasteiger partial charge in [0.05, 0.1) is 0 Å². The first-order valence-electron chi connectivity index (χ1n) is 7.46. The minimum absolute atomic E-state index is 0. The van der Waals surface area contributed by atoms with Crippen molar-refractivity contribution in [3.05, 3.63) is 35.4 Å². The minimum atomic E-state index is -0.0924. The van der Waals surface area contributed by atoms with Gasteiger partial charge in [0.25, 0.3) is 5.91 Å². The molecule has 0 fully saturated rings. The Bertz CT molecular complexity index is 499. The van der Waals surface area contributed by atoms with E-state index in [1.54, 1.807) is 6.07 Å². The molecule has 2 amide bonds. The van der Waals surface area contributed by atoms with E-state index >= 15 is 0 Å². The molecule has 0 radical (unpaired) electrons. The summed E-state index contributed by atoms with van der Waals surface area (Å²) in [6.45, 7) is 2.49. The highest BCUT2D eigenvalue weighted by atomic mass is 35.5. The van der Waals surface area contributed by atoms with Crippen LogP contribution >= 0.6 is 24.8 Å². The predicted octanol–water partition coefficient (Wildman–Crippen LogP) is 1.05. The number of nitrogens with one attached hydrogen (secondary N) is 3. The van der Waals surface area contributed by atoms with E-state index in [0.29, 0.717) is 31.6 Å². The summed E-state index contributed by atoms with van der Waals surface area (Å²) in [5.41, 5.74) is 1.53. The van der Waals surface area contributed by atoms with Crippen LogP contribution in [0.15, 0.2) is 24.3 Å². The molecule has 0 aliphatic heterocycles. The summed E-state index contributed by atoms with van der Waals surface area (Å²) < 4.78 is 0. The number of hydrogen-bond donors (Lipinski definition) is 3. The van der Waals surface area contributed by atoms with Crippen molar-refractivity contribution in [2.75, 3.05) is 40.8 Å². The Morgan fingerprint density at radius 3 is 2.42 bits per heavy atom. The van der Waals surface area contributed by atoms with Crippen molar-refractivity contribution >= 4 is 36.6 Å². The lowest BCUT2D eigenvalue weighted by Crippen LogP contribution is -2.31. The molecule has 3 N–H and O–H groups in total. The molecule has 0 aliphatic carbocycles. The van der Waals surface area contributed by atoms with Crippen LogP contribution in [0.25, 0.3) is 0 Å². The van der Waals surface area contributed by atoms with Crippen LogP contribution in [0, 0.1) is 0 Å². The van der Waals surface area contributed by atoms with E-state index in [0.717, 1.165) is 12.1 Å². The van der Waals surface area contributed by atoms with E-state index in [2.05, 4.69) is 16.0 Å². The fourth-order valence-corrected chi connectivity index (χ4v) is 1.85. The minimum Gasteiger partial charge on any atom is -0.352 e. The summed E-state index contributed by atoms with van der Waals surface area (Å²) in [5, 5.41) is 8.65. The van der Waals surface area contributed by atoms with E-state index in [1.165, 1.54) is 0 Å². The van der Waals surface area contributed by atoms with Gasteiger partial charge in [-0.05, 0) is 38.8 Å². The number of halogens is 2. The summed E-state index contributed by atoms with van der Waals surface area (Å²) in [6, 6.07) is 7.31. The first kappa shape index (κ1) is 24.9. The van der Waals surface area contributed by atoms with E-state index in [1.807, 2.05) is 44.2 Å². The van der Waals surface area contributed by atoms with Crippen molar-refractivity contribution in [2.45, 2.75) is 13.0 Å². The van der Waals surface area contributed by atoms with Crippen LogP contribution < -0.4 is 16.0 Å². The molecular weight excluding hydrogens is 351 g/mol. The first-order chi connectivity index (χ1) is 10.5. The standard InChI is InChI=1S/C16H26N4O2.2ClH/c1-17-8-7-15(21)19-12-13-5-4-6-14(11-13)16(22)18-9-10-20(2)3;;/h4-6,11,17H,7-10,12H2,1-3H3,(H,18,22)(H,19,21);2*1H. The quantitative estimate of drug-likeness (QED) is 0.600. The van der Waals surface area contributed by atoms with Gasteiger partial charge >= 0.3 is 0 Å². The lowest BCUT2D eigenvalue weighted by atomic mass is 10.1. The smallest absolute Gasteiger partial charge is 0.251 e. The summed E-state index contributed by atoms with van der Waals surface area (Å²) in [7, 11) is 5.73. The fourth-order valence-electron chi connectivity index (χ4n) is 1.85. The van der Waals surface area contributed by atoms with Gasteiger partial charge < -0.3 is 20.9 Å². The van der Waals surface area contributed by atoms with Gasteiger partial charge in [-0.25, -0.2) is 0 Å². The Hall–Kier alpha value is -1.34. The van der Waals surface area contributed by atoms with Crippen LogP contribution in [0.5, 0.6) is 0 Å². The molecule has 6 nitrogen and oxygen atoms in total. The molecule has 0 spiro atoms.